The fourth-order valence-corrected chi connectivity index (χ4v) is 4.02. The average molecular weight is 436 g/mol. The Bertz CT molecular complexity index is 1130. The van der Waals surface area contributed by atoms with Crippen LogP contribution >= 0.6 is 0 Å². The molecule has 1 aromatic heterocycles. The molecule has 4 rings (SSSR count). The molecular formula is C25H29N3O4. The van der Waals surface area contributed by atoms with Gasteiger partial charge < -0.3 is 14.5 Å². The minimum atomic E-state index is -0.317. The zero-order chi connectivity index (χ0) is 22.5. The second kappa shape index (κ2) is 9.97. The van der Waals surface area contributed by atoms with Crippen LogP contribution in [0.3, 0.4) is 0 Å². The van der Waals surface area contributed by atoms with E-state index in [1.165, 1.54) is 0 Å². The summed E-state index contributed by atoms with van der Waals surface area (Å²) in [5.41, 5.74) is 3.13. The molecular weight excluding hydrogens is 406 g/mol. The molecule has 2 heterocycles. The van der Waals surface area contributed by atoms with Crippen molar-refractivity contribution in [1.29, 1.82) is 0 Å². The quantitative estimate of drug-likeness (QED) is 0.574. The van der Waals surface area contributed by atoms with Gasteiger partial charge in [0.2, 0.25) is 5.91 Å². The molecule has 0 unspecified atom stereocenters. The Kier molecular flexibility index (Phi) is 6.87. The van der Waals surface area contributed by atoms with E-state index in [9.17, 15) is 9.59 Å². The van der Waals surface area contributed by atoms with E-state index >= 15 is 0 Å². The third-order valence-electron chi connectivity index (χ3n) is 5.66. The van der Waals surface area contributed by atoms with E-state index in [-0.39, 0.29) is 11.5 Å². The molecule has 2 aromatic carbocycles. The Balaban J connectivity index is 1.29. The van der Waals surface area contributed by atoms with E-state index in [2.05, 4.69) is 15.1 Å². The van der Waals surface area contributed by atoms with Crippen molar-refractivity contribution >= 4 is 22.6 Å². The van der Waals surface area contributed by atoms with E-state index < -0.39 is 0 Å². The molecule has 1 N–H and O–H groups in total. The summed E-state index contributed by atoms with van der Waals surface area (Å²) in [4.78, 5) is 28.9. The minimum Gasteiger partial charge on any atom is -0.494 e. The molecule has 1 amide bonds. The third kappa shape index (κ3) is 5.55. The van der Waals surface area contributed by atoms with Crippen LogP contribution in [-0.2, 0) is 11.3 Å². The van der Waals surface area contributed by atoms with Crippen LogP contribution < -0.4 is 15.7 Å². The Hall–Kier alpha value is -3.16. The van der Waals surface area contributed by atoms with Gasteiger partial charge in [-0.05, 0) is 55.3 Å². The van der Waals surface area contributed by atoms with Crippen molar-refractivity contribution < 1.29 is 13.9 Å². The second-order valence-electron chi connectivity index (χ2n) is 8.15. The predicted octanol–water partition coefficient (Wildman–Crippen LogP) is 3.26. The number of aryl methyl sites for hydroxylation is 1. The Morgan fingerprint density at radius 1 is 1.03 bits per heavy atom. The SMILES string of the molecule is CCOc1ccc(NC(=O)CN2CCN(Cc3cc(=O)oc4cc(C)ccc34)CC2)cc1. The highest BCUT2D eigenvalue weighted by atomic mass is 16.5. The van der Waals surface area contributed by atoms with E-state index in [0.717, 1.165) is 54.1 Å². The lowest BCUT2D eigenvalue weighted by atomic mass is 10.1. The molecule has 7 heteroatoms. The lowest BCUT2D eigenvalue weighted by molar-refractivity contribution is -0.117. The van der Waals surface area contributed by atoms with Gasteiger partial charge in [0.05, 0.1) is 13.2 Å². The van der Waals surface area contributed by atoms with E-state index in [1.807, 2.05) is 56.3 Å². The van der Waals surface area contributed by atoms with E-state index in [0.29, 0.717) is 25.3 Å². The first-order valence-corrected chi connectivity index (χ1v) is 11.0. The summed E-state index contributed by atoms with van der Waals surface area (Å²) in [6.45, 7) is 8.87. The van der Waals surface area contributed by atoms with Crippen LogP contribution in [0.4, 0.5) is 5.69 Å². The summed E-state index contributed by atoms with van der Waals surface area (Å²) in [6, 6.07) is 15.0. The molecule has 168 valence electrons. The summed E-state index contributed by atoms with van der Waals surface area (Å²) in [6.07, 6.45) is 0. The monoisotopic (exact) mass is 435 g/mol. The van der Waals surface area contributed by atoms with Crippen LogP contribution in [0.2, 0.25) is 0 Å². The highest BCUT2D eigenvalue weighted by Crippen LogP contribution is 2.20. The summed E-state index contributed by atoms with van der Waals surface area (Å²) < 4.78 is 10.8. The number of nitrogens with one attached hydrogen (secondary N) is 1. The van der Waals surface area contributed by atoms with Crippen LogP contribution in [0.5, 0.6) is 5.75 Å². The molecule has 3 aromatic rings. The number of carbonyl (C=O) groups is 1. The molecule has 1 aliphatic heterocycles. The van der Waals surface area contributed by atoms with Crippen LogP contribution in [0.15, 0.2) is 57.7 Å². The molecule has 1 saturated heterocycles. The van der Waals surface area contributed by atoms with Crippen molar-refractivity contribution in [2.45, 2.75) is 20.4 Å². The van der Waals surface area contributed by atoms with Gasteiger partial charge in [0, 0.05) is 49.9 Å². The van der Waals surface area contributed by atoms with Gasteiger partial charge in [-0.1, -0.05) is 12.1 Å². The topological polar surface area (TPSA) is 75.0 Å². The summed E-state index contributed by atoms with van der Waals surface area (Å²) in [7, 11) is 0. The van der Waals surface area contributed by atoms with Gasteiger partial charge in [-0.3, -0.25) is 14.6 Å². The highest BCUT2D eigenvalue weighted by molar-refractivity contribution is 5.92. The highest BCUT2D eigenvalue weighted by Gasteiger charge is 2.20. The van der Waals surface area contributed by atoms with Gasteiger partial charge in [0.25, 0.3) is 0 Å². The summed E-state index contributed by atoms with van der Waals surface area (Å²) in [5.74, 6) is 0.769. The first-order valence-electron chi connectivity index (χ1n) is 11.0. The molecule has 0 bridgehead atoms. The van der Waals surface area contributed by atoms with Crippen LogP contribution in [0.1, 0.15) is 18.1 Å². The number of hydrogen-bond acceptors (Lipinski definition) is 6. The molecule has 0 aliphatic carbocycles. The Labute approximate surface area is 187 Å². The number of nitrogens with zero attached hydrogens (tertiary/aromatic N) is 2. The Morgan fingerprint density at radius 2 is 1.75 bits per heavy atom. The maximum atomic E-state index is 12.4. The number of amides is 1. The first kappa shape index (κ1) is 22.0. The third-order valence-corrected chi connectivity index (χ3v) is 5.66. The molecule has 32 heavy (non-hydrogen) atoms. The van der Waals surface area contributed by atoms with Gasteiger partial charge in [-0.2, -0.15) is 0 Å². The van der Waals surface area contributed by atoms with Crippen molar-refractivity contribution in [2.24, 2.45) is 0 Å². The van der Waals surface area contributed by atoms with E-state index in [4.69, 9.17) is 9.15 Å². The molecule has 7 nitrogen and oxygen atoms in total. The maximum absolute atomic E-state index is 12.4. The average Bonchev–Trinajstić information content (AvgIpc) is 2.76. The number of piperazine rings is 1. The minimum absolute atomic E-state index is 0.0235. The van der Waals surface area contributed by atoms with Crippen molar-refractivity contribution in [2.75, 3.05) is 44.6 Å². The number of rotatable bonds is 7. The maximum Gasteiger partial charge on any atom is 0.336 e. The first-order chi connectivity index (χ1) is 15.5. The predicted molar refractivity (Wildman–Crippen MR) is 125 cm³/mol. The van der Waals surface area contributed by atoms with E-state index in [1.54, 1.807) is 6.07 Å². The van der Waals surface area contributed by atoms with Crippen molar-refractivity contribution in [1.82, 2.24) is 9.80 Å². The molecule has 0 spiro atoms. The van der Waals surface area contributed by atoms with Crippen molar-refractivity contribution in [3.8, 4) is 5.75 Å². The van der Waals surface area contributed by atoms with Crippen LogP contribution in [-0.4, -0.2) is 55.0 Å². The number of benzene rings is 2. The fraction of sp³-hybridized carbons (Fsp3) is 0.360. The number of carbonyl (C=O) groups excluding carboxylic acids is 1. The molecule has 1 fully saturated rings. The van der Waals surface area contributed by atoms with Crippen LogP contribution in [0.25, 0.3) is 11.0 Å². The lowest BCUT2D eigenvalue weighted by Crippen LogP contribution is -2.48. The molecule has 1 aliphatic rings. The molecule has 0 radical (unpaired) electrons. The number of ether oxygens (including phenoxy) is 1. The standard InChI is InChI=1S/C25H29N3O4/c1-3-31-21-7-5-20(6-8-21)26-24(29)17-28-12-10-27(11-13-28)16-19-15-25(30)32-23-14-18(2)4-9-22(19)23/h4-9,14-15H,3,10-13,16-17H2,1-2H3,(H,26,29). The Morgan fingerprint density at radius 3 is 2.47 bits per heavy atom. The van der Waals surface area contributed by atoms with Crippen molar-refractivity contribution in [3.63, 3.8) is 0 Å². The largest absolute Gasteiger partial charge is 0.494 e. The van der Waals surface area contributed by atoms with Crippen LogP contribution in [0, 0.1) is 6.92 Å². The van der Waals surface area contributed by atoms with Gasteiger partial charge in [0.15, 0.2) is 0 Å². The number of fused-ring (bicyclic) bond motifs is 1. The van der Waals surface area contributed by atoms with Gasteiger partial charge in [-0.25, -0.2) is 4.79 Å². The summed E-state index contributed by atoms with van der Waals surface area (Å²) >= 11 is 0. The van der Waals surface area contributed by atoms with Gasteiger partial charge in [0.1, 0.15) is 11.3 Å². The smallest absolute Gasteiger partial charge is 0.336 e. The molecule has 0 saturated carbocycles. The van der Waals surface area contributed by atoms with Crippen molar-refractivity contribution in [3.05, 3.63) is 70.1 Å². The normalized spacial score (nSPS) is 15.1. The van der Waals surface area contributed by atoms with Gasteiger partial charge >= 0.3 is 5.63 Å². The summed E-state index contributed by atoms with van der Waals surface area (Å²) in [5, 5.41) is 3.92. The molecule has 0 atom stereocenters. The second-order valence-corrected chi connectivity index (χ2v) is 8.15. The fourth-order valence-electron chi connectivity index (χ4n) is 4.02. The zero-order valence-electron chi connectivity index (χ0n) is 18.6. The zero-order valence-corrected chi connectivity index (χ0v) is 18.6. The number of hydrogen-bond donors (Lipinski definition) is 1. The lowest BCUT2D eigenvalue weighted by Gasteiger charge is -2.34. The van der Waals surface area contributed by atoms with Gasteiger partial charge in [-0.15, -0.1) is 0 Å². The number of anilines is 1.